The summed E-state index contributed by atoms with van der Waals surface area (Å²) in [5.41, 5.74) is 1.61. The third-order valence-corrected chi connectivity index (χ3v) is 7.02. The molecule has 1 aliphatic heterocycles. The molecular weight excluding hydrogens is 382 g/mol. The van der Waals surface area contributed by atoms with E-state index in [1.807, 2.05) is 42.2 Å². The van der Waals surface area contributed by atoms with Crippen LogP contribution in [0.1, 0.15) is 12.5 Å². The summed E-state index contributed by atoms with van der Waals surface area (Å²) >= 11 is 0. The third kappa shape index (κ3) is 5.33. The van der Waals surface area contributed by atoms with Gasteiger partial charge in [-0.15, -0.1) is 0 Å². The number of anilines is 2. The van der Waals surface area contributed by atoms with Gasteiger partial charge in [-0.05, 0) is 30.7 Å². The van der Waals surface area contributed by atoms with Crippen molar-refractivity contribution < 1.29 is 23.0 Å². The number of ether oxygens (including phenoxy) is 1. The second-order valence-corrected chi connectivity index (χ2v) is 9.30. The maximum atomic E-state index is 14.5. The van der Waals surface area contributed by atoms with E-state index in [9.17, 15) is 13.8 Å². The van der Waals surface area contributed by atoms with Crippen molar-refractivity contribution in [3.05, 3.63) is 59.9 Å². The molecule has 0 unspecified atom stereocenters. The molecule has 1 fully saturated rings. The number of benzene rings is 2. The van der Waals surface area contributed by atoms with E-state index in [0.717, 1.165) is 5.56 Å². The van der Waals surface area contributed by atoms with Crippen molar-refractivity contribution in [2.24, 2.45) is 0 Å². The Morgan fingerprint density at radius 3 is 2.54 bits per heavy atom. The molecule has 0 aromatic heterocycles. The Bertz CT molecular complexity index is 851. The summed E-state index contributed by atoms with van der Waals surface area (Å²) in [6, 6.07) is 13.8. The SMILES string of the molecule is CCOP1(=O)CCN(c2ccc(NC(=O)OCc3ccccc3)cc2F)CC1. The van der Waals surface area contributed by atoms with Crippen LogP contribution in [0.25, 0.3) is 0 Å². The van der Waals surface area contributed by atoms with Crippen LogP contribution in [-0.4, -0.2) is 38.1 Å². The highest BCUT2D eigenvalue weighted by Gasteiger charge is 2.30. The summed E-state index contributed by atoms with van der Waals surface area (Å²) in [6.45, 7) is 3.33. The van der Waals surface area contributed by atoms with E-state index < -0.39 is 19.3 Å². The van der Waals surface area contributed by atoms with Gasteiger partial charge in [0.2, 0.25) is 7.37 Å². The number of rotatable bonds is 6. The molecule has 1 amide bonds. The van der Waals surface area contributed by atoms with Gasteiger partial charge in [-0.25, -0.2) is 9.18 Å². The molecule has 28 heavy (non-hydrogen) atoms. The monoisotopic (exact) mass is 406 g/mol. The summed E-state index contributed by atoms with van der Waals surface area (Å²) in [7, 11) is -2.59. The highest BCUT2D eigenvalue weighted by atomic mass is 31.2. The second-order valence-electron chi connectivity index (χ2n) is 6.52. The maximum absolute atomic E-state index is 14.5. The van der Waals surface area contributed by atoms with Gasteiger partial charge in [0.25, 0.3) is 0 Å². The van der Waals surface area contributed by atoms with Crippen molar-refractivity contribution in [3.8, 4) is 0 Å². The lowest BCUT2D eigenvalue weighted by atomic mass is 10.2. The molecule has 0 atom stereocenters. The predicted octanol–water partition coefficient (Wildman–Crippen LogP) is 4.71. The zero-order valence-electron chi connectivity index (χ0n) is 15.8. The van der Waals surface area contributed by atoms with E-state index in [4.69, 9.17) is 9.26 Å². The average Bonchev–Trinajstić information content (AvgIpc) is 2.68. The third-order valence-electron chi connectivity index (χ3n) is 4.53. The van der Waals surface area contributed by atoms with Gasteiger partial charge in [-0.3, -0.25) is 9.88 Å². The number of carbonyl (C=O) groups excluding carboxylic acids is 1. The Hall–Kier alpha value is -2.37. The van der Waals surface area contributed by atoms with Crippen LogP contribution < -0.4 is 10.2 Å². The van der Waals surface area contributed by atoms with Gasteiger partial charge >= 0.3 is 6.09 Å². The standard InChI is InChI=1S/C20H24FN2O4P/c1-2-27-28(25)12-10-23(11-13-28)19-9-8-17(14-18(19)21)22-20(24)26-15-16-6-4-3-5-7-16/h3-9,14H,2,10-13,15H2,1H3,(H,22,24). The predicted molar refractivity (Wildman–Crippen MR) is 108 cm³/mol. The van der Waals surface area contributed by atoms with Crippen LogP contribution in [0.5, 0.6) is 0 Å². The first-order valence-electron chi connectivity index (χ1n) is 9.24. The van der Waals surface area contributed by atoms with Gasteiger partial charge in [-0.2, -0.15) is 0 Å². The highest BCUT2D eigenvalue weighted by molar-refractivity contribution is 7.59. The summed E-state index contributed by atoms with van der Waals surface area (Å²) in [6.07, 6.45) is 0.171. The van der Waals surface area contributed by atoms with E-state index >= 15 is 0 Å². The number of nitrogens with one attached hydrogen (secondary N) is 1. The molecule has 8 heteroatoms. The van der Waals surface area contributed by atoms with Gasteiger partial charge in [-0.1, -0.05) is 30.3 Å². The molecule has 3 rings (SSSR count). The topological polar surface area (TPSA) is 67.9 Å². The zero-order chi connectivity index (χ0) is 20.0. The molecule has 0 aliphatic carbocycles. The Balaban J connectivity index is 1.55. The largest absolute Gasteiger partial charge is 0.444 e. The molecule has 2 aromatic carbocycles. The summed E-state index contributed by atoms with van der Waals surface area (Å²) < 4.78 is 37.5. The van der Waals surface area contributed by atoms with Gasteiger partial charge in [0, 0.05) is 31.1 Å². The smallest absolute Gasteiger partial charge is 0.411 e. The molecule has 0 bridgehead atoms. The lowest BCUT2D eigenvalue weighted by Crippen LogP contribution is -2.35. The minimum absolute atomic E-state index is 0.140. The lowest BCUT2D eigenvalue weighted by Gasteiger charge is -2.33. The van der Waals surface area contributed by atoms with Crippen molar-refractivity contribution in [1.82, 2.24) is 0 Å². The fourth-order valence-electron chi connectivity index (χ4n) is 3.09. The Labute approximate surface area is 164 Å². The van der Waals surface area contributed by atoms with Crippen molar-refractivity contribution in [1.29, 1.82) is 0 Å². The van der Waals surface area contributed by atoms with Gasteiger partial charge in [0.15, 0.2) is 0 Å². The normalized spacial score (nSPS) is 15.9. The van der Waals surface area contributed by atoms with Crippen LogP contribution >= 0.6 is 7.37 Å². The Kier molecular flexibility index (Phi) is 6.70. The second kappa shape index (κ2) is 9.22. The van der Waals surface area contributed by atoms with Crippen LogP contribution in [0.15, 0.2) is 48.5 Å². The Morgan fingerprint density at radius 1 is 1.18 bits per heavy atom. The molecule has 0 radical (unpaired) electrons. The lowest BCUT2D eigenvalue weighted by molar-refractivity contribution is 0.155. The molecule has 0 spiro atoms. The average molecular weight is 406 g/mol. The molecule has 1 aliphatic rings. The number of halogens is 1. The van der Waals surface area contributed by atoms with E-state index in [1.54, 1.807) is 12.1 Å². The van der Waals surface area contributed by atoms with Crippen molar-refractivity contribution in [3.63, 3.8) is 0 Å². The van der Waals surface area contributed by atoms with Crippen LogP contribution in [0.3, 0.4) is 0 Å². The van der Waals surface area contributed by atoms with E-state index in [0.29, 0.717) is 43.4 Å². The molecule has 150 valence electrons. The summed E-state index contributed by atoms with van der Waals surface area (Å²) in [4.78, 5) is 13.8. The quantitative estimate of drug-likeness (QED) is 0.704. The number of amides is 1. The molecule has 1 N–H and O–H groups in total. The fourth-order valence-corrected chi connectivity index (χ4v) is 5.14. The number of nitrogens with zero attached hydrogens (tertiary/aromatic N) is 1. The maximum Gasteiger partial charge on any atom is 0.411 e. The van der Waals surface area contributed by atoms with Crippen LogP contribution in [-0.2, 0) is 20.4 Å². The van der Waals surface area contributed by atoms with Gasteiger partial charge in [0.1, 0.15) is 12.4 Å². The van der Waals surface area contributed by atoms with Crippen LogP contribution in [0, 0.1) is 5.82 Å². The van der Waals surface area contributed by atoms with Crippen molar-refractivity contribution >= 4 is 24.8 Å². The molecule has 6 nitrogen and oxygen atoms in total. The summed E-state index contributed by atoms with van der Waals surface area (Å²) in [5.74, 6) is -0.450. The van der Waals surface area contributed by atoms with E-state index in [-0.39, 0.29) is 6.61 Å². The zero-order valence-corrected chi connectivity index (χ0v) is 16.7. The van der Waals surface area contributed by atoms with Gasteiger partial charge in [0.05, 0.1) is 12.3 Å². The number of carbonyl (C=O) groups is 1. The van der Waals surface area contributed by atoms with Crippen LogP contribution in [0.2, 0.25) is 0 Å². The molecule has 2 aromatic rings. The highest BCUT2D eigenvalue weighted by Crippen LogP contribution is 2.49. The molecule has 1 heterocycles. The number of hydrogen-bond donors (Lipinski definition) is 1. The summed E-state index contributed by atoms with van der Waals surface area (Å²) in [5, 5.41) is 2.53. The first kappa shape index (κ1) is 20.4. The van der Waals surface area contributed by atoms with Gasteiger partial charge < -0.3 is 14.2 Å². The first-order valence-corrected chi connectivity index (χ1v) is 11.2. The van der Waals surface area contributed by atoms with Crippen molar-refractivity contribution in [2.75, 3.05) is 42.2 Å². The number of hydrogen-bond acceptors (Lipinski definition) is 5. The van der Waals surface area contributed by atoms with E-state index in [2.05, 4.69) is 5.32 Å². The molecular formula is C20H24FN2O4P. The minimum Gasteiger partial charge on any atom is -0.444 e. The fraction of sp³-hybridized carbons (Fsp3) is 0.350. The molecule has 1 saturated heterocycles. The Morgan fingerprint density at radius 2 is 1.89 bits per heavy atom. The minimum atomic E-state index is -2.59. The van der Waals surface area contributed by atoms with Crippen molar-refractivity contribution in [2.45, 2.75) is 13.5 Å². The van der Waals surface area contributed by atoms with Crippen LogP contribution in [0.4, 0.5) is 20.6 Å². The van der Waals surface area contributed by atoms with E-state index in [1.165, 1.54) is 6.07 Å². The molecule has 0 saturated carbocycles. The first-order chi connectivity index (χ1) is 13.5.